The first-order valence-electron chi connectivity index (χ1n) is 6.92. The molecule has 0 saturated carbocycles. The van der Waals surface area contributed by atoms with Crippen molar-refractivity contribution >= 4 is 11.7 Å². The zero-order valence-electron chi connectivity index (χ0n) is 11.3. The van der Waals surface area contributed by atoms with E-state index in [1.54, 1.807) is 0 Å². The Morgan fingerprint density at radius 3 is 2.95 bits per heavy atom. The van der Waals surface area contributed by atoms with E-state index in [1.165, 1.54) is 0 Å². The molecule has 1 saturated heterocycles. The molecule has 1 atom stereocenters. The van der Waals surface area contributed by atoms with Crippen LogP contribution in [0.3, 0.4) is 0 Å². The lowest BCUT2D eigenvalue weighted by Gasteiger charge is -2.37. The molecule has 1 unspecified atom stereocenters. The summed E-state index contributed by atoms with van der Waals surface area (Å²) in [5.41, 5.74) is 1.02. The third-order valence-electron chi connectivity index (χ3n) is 3.51. The van der Waals surface area contributed by atoms with E-state index in [9.17, 15) is 4.79 Å². The average molecular weight is 263 g/mol. The highest BCUT2D eigenvalue weighted by Gasteiger charge is 2.26. The number of piperidine rings is 1. The van der Waals surface area contributed by atoms with Gasteiger partial charge in [-0.2, -0.15) is 0 Å². The SMILES string of the molecule is CCOc1ccccc1N1CCCCC1CC(=O)O. The Bertz CT molecular complexity index is 433. The highest BCUT2D eigenvalue weighted by molar-refractivity contribution is 5.69. The molecule has 1 aliphatic heterocycles. The van der Waals surface area contributed by atoms with Gasteiger partial charge in [0.25, 0.3) is 0 Å². The van der Waals surface area contributed by atoms with Crippen molar-refractivity contribution in [2.45, 2.75) is 38.6 Å². The summed E-state index contributed by atoms with van der Waals surface area (Å²) in [6.45, 7) is 3.48. The van der Waals surface area contributed by atoms with Gasteiger partial charge in [-0.1, -0.05) is 12.1 Å². The fourth-order valence-corrected chi connectivity index (χ4v) is 2.70. The summed E-state index contributed by atoms with van der Waals surface area (Å²) in [5, 5.41) is 9.05. The van der Waals surface area contributed by atoms with Crippen LogP contribution >= 0.6 is 0 Å². The van der Waals surface area contributed by atoms with Crippen LogP contribution in [-0.4, -0.2) is 30.3 Å². The van der Waals surface area contributed by atoms with E-state index < -0.39 is 5.97 Å². The number of carboxylic acids is 1. The van der Waals surface area contributed by atoms with Crippen LogP contribution in [0.1, 0.15) is 32.6 Å². The predicted molar refractivity (Wildman–Crippen MR) is 74.8 cm³/mol. The largest absolute Gasteiger partial charge is 0.492 e. The summed E-state index contributed by atoms with van der Waals surface area (Å²) in [6, 6.07) is 7.97. The van der Waals surface area contributed by atoms with Gasteiger partial charge in [0.1, 0.15) is 5.75 Å². The van der Waals surface area contributed by atoms with Crippen molar-refractivity contribution in [3.63, 3.8) is 0 Å². The Hall–Kier alpha value is -1.71. The number of ether oxygens (including phenoxy) is 1. The molecule has 2 rings (SSSR count). The molecule has 0 aliphatic carbocycles. The number of anilines is 1. The minimum absolute atomic E-state index is 0.0767. The summed E-state index contributed by atoms with van der Waals surface area (Å²) >= 11 is 0. The monoisotopic (exact) mass is 263 g/mol. The molecule has 19 heavy (non-hydrogen) atoms. The number of benzene rings is 1. The predicted octanol–water partition coefficient (Wildman–Crippen LogP) is 2.92. The minimum atomic E-state index is -0.731. The smallest absolute Gasteiger partial charge is 0.305 e. The number of aliphatic carboxylic acids is 1. The van der Waals surface area contributed by atoms with E-state index in [0.717, 1.165) is 37.2 Å². The van der Waals surface area contributed by atoms with Crippen LogP contribution in [0.25, 0.3) is 0 Å². The van der Waals surface area contributed by atoms with Gasteiger partial charge in [0.2, 0.25) is 0 Å². The maximum Gasteiger partial charge on any atom is 0.305 e. The maximum absolute atomic E-state index is 11.0. The normalized spacial score (nSPS) is 19.2. The van der Waals surface area contributed by atoms with Crippen LogP contribution in [0.5, 0.6) is 5.75 Å². The molecule has 1 aromatic carbocycles. The molecular formula is C15H21NO3. The number of hydrogen-bond donors (Lipinski definition) is 1. The molecule has 0 amide bonds. The molecule has 104 valence electrons. The molecule has 1 N–H and O–H groups in total. The Morgan fingerprint density at radius 2 is 2.21 bits per heavy atom. The second kappa shape index (κ2) is 6.45. The first-order chi connectivity index (χ1) is 9.22. The van der Waals surface area contributed by atoms with E-state index in [0.29, 0.717) is 6.61 Å². The lowest BCUT2D eigenvalue weighted by atomic mass is 9.98. The fraction of sp³-hybridized carbons (Fsp3) is 0.533. The van der Waals surface area contributed by atoms with Crippen molar-refractivity contribution in [1.82, 2.24) is 0 Å². The summed E-state index contributed by atoms with van der Waals surface area (Å²) in [4.78, 5) is 13.2. The van der Waals surface area contributed by atoms with Crippen LogP contribution in [0.15, 0.2) is 24.3 Å². The van der Waals surface area contributed by atoms with Crippen molar-refractivity contribution in [2.24, 2.45) is 0 Å². The van der Waals surface area contributed by atoms with E-state index in [4.69, 9.17) is 9.84 Å². The van der Waals surface area contributed by atoms with Crippen molar-refractivity contribution in [3.8, 4) is 5.75 Å². The van der Waals surface area contributed by atoms with E-state index in [-0.39, 0.29) is 12.5 Å². The van der Waals surface area contributed by atoms with Gasteiger partial charge in [-0.25, -0.2) is 0 Å². The van der Waals surface area contributed by atoms with Crippen LogP contribution in [0.2, 0.25) is 0 Å². The number of carbonyl (C=O) groups is 1. The van der Waals surface area contributed by atoms with Gasteiger partial charge < -0.3 is 14.7 Å². The van der Waals surface area contributed by atoms with Crippen LogP contribution in [0.4, 0.5) is 5.69 Å². The third-order valence-corrected chi connectivity index (χ3v) is 3.51. The van der Waals surface area contributed by atoms with Crippen LogP contribution < -0.4 is 9.64 Å². The van der Waals surface area contributed by atoms with Crippen molar-refractivity contribution in [1.29, 1.82) is 0 Å². The Morgan fingerprint density at radius 1 is 1.42 bits per heavy atom. The zero-order chi connectivity index (χ0) is 13.7. The van der Waals surface area contributed by atoms with Gasteiger partial charge in [0.05, 0.1) is 18.7 Å². The van der Waals surface area contributed by atoms with Crippen LogP contribution in [-0.2, 0) is 4.79 Å². The molecule has 0 aromatic heterocycles. The maximum atomic E-state index is 11.0. The van der Waals surface area contributed by atoms with Gasteiger partial charge in [-0.15, -0.1) is 0 Å². The third kappa shape index (κ3) is 3.40. The minimum Gasteiger partial charge on any atom is -0.492 e. The summed E-state index contributed by atoms with van der Waals surface area (Å²) in [5.74, 6) is 0.119. The highest BCUT2D eigenvalue weighted by Crippen LogP contribution is 2.33. The molecule has 1 aromatic rings. The average Bonchev–Trinajstić information content (AvgIpc) is 2.40. The number of para-hydroxylation sites is 2. The summed E-state index contributed by atoms with van der Waals surface area (Å²) in [7, 11) is 0. The Kier molecular flexibility index (Phi) is 4.66. The zero-order valence-corrected chi connectivity index (χ0v) is 11.3. The first-order valence-corrected chi connectivity index (χ1v) is 6.92. The molecule has 4 nitrogen and oxygen atoms in total. The molecule has 1 heterocycles. The lowest BCUT2D eigenvalue weighted by molar-refractivity contribution is -0.137. The van der Waals surface area contributed by atoms with Gasteiger partial charge in [-0.3, -0.25) is 4.79 Å². The number of carboxylic acid groups (broad SMARTS) is 1. The standard InChI is InChI=1S/C15H21NO3/c1-2-19-14-9-4-3-8-13(14)16-10-6-5-7-12(16)11-15(17)18/h3-4,8-9,12H,2,5-7,10-11H2,1H3,(H,17,18). The van der Waals surface area contributed by atoms with E-state index >= 15 is 0 Å². The molecule has 0 radical (unpaired) electrons. The van der Waals surface area contributed by atoms with E-state index in [2.05, 4.69) is 4.90 Å². The first kappa shape index (κ1) is 13.7. The fourth-order valence-electron chi connectivity index (χ4n) is 2.70. The second-order valence-corrected chi connectivity index (χ2v) is 4.84. The molecular weight excluding hydrogens is 242 g/mol. The quantitative estimate of drug-likeness (QED) is 0.887. The second-order valence-electron chi connectivity index (χ2n) is 4.84. The van der Waals surface area contributed by atoms with Gasteiger partial charge in [-0.05, 0) is 38.3 Å². The Labute approximate surface area is 114 Å². The van der Waals surface area contributed by atoms with Crippen molar-refractivity contribution in [2.75, 3.05) is 18.1 Å². The van der Waals surface area contributed by atoms with Gasteiger partial charge in [0.15, 0.2) is 0 Å². The number of nitrogens with zero attached hydrogens (tertiary/aromatic N) is 1. The topological polar surface area (TPSA) is 49.8 Å². The summed E-state index contributed by atoms with van der Waals surface area (Å²) < 4.78 is 5.65. The summed E-state index contributed by atoms with van der Waals surface area (Å²) in [6.07, 6.45) is 3.34. The number of hydrogen-bond acceptors (Lipinski definition) is 3. The van der Waals surface area contributed by atoms with Gasteiger partial charge in [0, 0.05) is 12.6 Å². The molecule has 4 heteroatoms. The molecule has 0 bridgehead atoms. The van der Waals surface area contributed by atoms with E-state index in [1.807, 2.05) is 31.2 Å². The highest BCUT2D eigenvalue weighted by atomic mass is 16.5. The molecule has 1 aliphatic rings. The number of rotatable bonds is 5. The molecule has 1 fully saturated rings. The van der Waals surface area contributed by atoms with Crippen LogP contribution in [0, 0.1) is 0 Å². The lowest BCUT2D eigenvalue weighted by Crippen LogP contribution is -2.41. The van der Waals surface area contributed by atoms with Crippen molar-refractivity contribution in [3.05, 3.63) is 24.3 Å². The molecule has 0 spiro atoms. The van der Waals surface area contributed by atoms with Crippen molar-refractivity contribution < 1.29 is 14.6 Å². The Balaban J connectivity index is 2.23. The van der Waals surface area contributed by atoms with Gasteiger partial charge >= 0.3 is 5.97 Å².